The van der Waals surface area contributed by atoms with Crippen LogP contribution in [-0.4, -0.2) is 42.1 Å². The first kappa shape index (κ1) is 15.9. The van der Waals surface area contributed by atoms with Gasteiger partial charge in [0, 0.05) is 36.5 Å². The number of benzene rings is 1. The van der Waals surface area contributed by atoms with Gasteiger partial charge in [-0.05, 0) is 29.8 Å². The van der Waals surface area contributed by atoms with E-state index < -0.39 is 0 Å². The van der Waals surface area contributed by atoms with E-state index in [1.807, 2.05) is 12.1 Å². The minimum absolute atomic E-state index is 0.248. The van der Waals surface area contributed by atoms with Crippen LogP contribution in [0.25, 0.3) is 0 Å². The molecule has 1 aliphatic heterocycles. The molecule has 120 valence electrons. The van der Waals surface area contributed by atoms with Crippen LogP contribution < -0.4 is 5.32 Å². The minimum atomic E-state index is -0.248. The van der Waals surface area contributed by atoms with Crippen molar-refractivity contribution >= 4 is 23.2 Å². The first-order valence-electron chi connectivity index (χ1n) is 7.53. The number of ether oxygens (including phenoxy) is 1. The monoisotopic (exact) mass is 331 g/mol. The third kappa shape index (κ3) is 4.28. The van der Waals surface area contributed by atoms with Gasteiger partial charge in [0.2, 0.25) is 0 Å². The molecule has 0 saturated carbocycles. The summed E-state index contributed by atoms with van der Waals surface area (Å²) < 4.78 is 5.34. The number of hydrogen-bond donors (Lipinski definition) is 1. The predicted octanol–water partition coefficient (Wildman–Crippen LogP) is 2.82. The van der Waals surface area contributed by atoms with Gasteiger partial charge in [0.25, 0.3) is 5.91 Å². The Hall–Kier alpha value is -1.95. The molecule has 1 N–H and O–H groups in total. The molecule has 1 amide bonds. The van der Waals surface area contributed by atoms with Crippen molar-refractivity contribution in [2.24, 2.45) is 0 Å². The van der Waals surface area contributed by atoms with Crippen molar-refractivity contribution in [2.45, 2.75) is 6.54 Å². The smallest absolute Gasteiger partial charge is 0.274 e. The maximum Gasteiger partial charge on any atom is 0.274 e. The van der Waals surface area contributed by atoms with Gasteiger partial charge in [-0.15, -0.1) is 0 Å². The average molecular weight is 332 g/mol. The third-order valence-corrected chi connectivity index (χ3v) is 4.06. The standard InChI is InChI=1S/C17H18ClN3O2/c18-15-11-14(20-17(22)16-3-1-2-6-19-16)5-4-13(15)12-21-7-9-23-10-8-21/h1-6,11H,7-10,12H2,(H,20,22). The van der Waals surface area contributed by atoms with Crippen LogP contribution >= 0.6 is 11.6 Å². The normalized spacial score (nSPS) is 15.3. The van der Waals surface area contributed by atoms with Crippen molar-refractivity contribution in [2.75, 3.05) is 31.6 Å². The van der Waals surface area contributed by atoms with Crippen molar-refractivity contribution in [3.8, 4) is 0 Å². The molecular weight excluding hydrogens is 314 g/mol. The number of carbonyl (C=O) groups is 1. The van der Waals surface area contributed by atoms with Crippen LogP contribution in [0.4, 0.5) is 5.69 Å². The highest BCUT2D eigenvalue weighted by atomic mass is 35.5. The van der Waals surface area contributed by atoms with Crippen LogP contribution in [0.15, 0.2) is 42.6 Å². The minimum Gasteiger partial charge on any atom is -0.379 e. The van der Waals surface area contributed by atoms with E-state index in [2.05, 4.69) is 15.2 Å². The molecule has 1 aliphatic rings. The van der Waals surface area contributed by atoms with Crippen molar-refractivity contribution in [3.05, 3.63) is 58.9 Å². The Morgan fingerprint density at radius 3 is 2.78 bits per heavy atom. The summed E-state index contributed by atoms with van der Waals surface area (Å²) in [6, 6.07) is 10.8. The Labute approximate surface area is 140 Å². The SMILES string of the molecule is O=C(Nc1ccc(CN2CCOCC2)c(Cl)c1)c1ccccn1. The van der Waals surface area contributed by atoms with Gasteiger partial charge in [-0.25, -0.2) is 0 Å². The number of rotatable bonds is 4. The molecule has 0 radical (unpaired) electrons. The summed E-state index contributed by atoms with van der Waals surface area (Å²) in [5, 5.41) is 3.46. The molecular formula is C17H18ClN3O2. The number of amides is 1. The second-order valence-electron chi connectivity index (χ2n) is 5.36. The fourth-order valence-corrected chi connectivity index (χ4v) is 2.69. The zero-order chi connectivity index (χ0) is 16.1. The first-order valence-corrected chi connectivity index (χ1v) is 7.91. The van der Waals surface area contributed by atoms with Gasteiger partial charge >= 0.3 is 0 Å². The highest BCUT2D eigenvalue weighted by Gasteiger charge is 2.13. The number of pyridine rings is 1. The summed E-state index contributed by atoms with van der Waals surface area (Å²) in [6.07, 6.45) is 1.59. The van der Waals surface area contributed by atoms with E-state index in [1.54, 1.807) is 30.5 Å². The Morgan fingerprint density at radius 2 is 2.09 bits per heavy atom. The summed E-state index contributed by atoms with van der Waals surface area (Å²) in [7, 11) is 0. The lowest BCUT2D eigenvalue weighted by molar-refractivity contribution is 0.0342. The van der Waals surface area contributed by atoms with Crippen molar-refractivity contribution < 1.29 is 9.53 Å². The Bertz CT molecular complexity index is 673. The van der Waals surface area contributed by atoms with Gasteiger partial charge in [0.15, 0.2) is 0 Å². The average Bonchev–Trinajstić information content (AvgIpc) is 2.59. The van der Waals surface area contributed by atoms with E-state index in [0.717, 1.165) is 38.4 Å². The van der Waals surface area contributed by atoms with Crippen LogP contribution in [0.3, 0.4) is 0 Å². The second kappa shape index (κ2) is 7.55. The Kier molecular flexibility index (Phi) is 5.23. The molecule has 0 atom stereocenters. The van der Waals surface area contributed by atoms with Gasteiger partial charge in [-0.2, -0.15) is 0 Å². The molecule has 1 fully saturated rings. The number of nitrogens with zero attached hydrogens (tertiary/aromatic N) is 2. The van der Waals surface area contributed by atoms with Gasteiger partial charge < -0.3 is 10.1 Å². The van der Waals surface area contributed by atoms with E-state index in [0.29, 0.717) is 16.4 Å². The third-order valence-electron chi connectivity index (χ3n) is 3.71. The number of nitrogens with one attached hydrogen (secondary N) is 1. The lowest BCUT2D eigenvalue weighted by atomic mass is 10.1. The number of halogens is 1. The highest BCUT2D eigenvalue weighted by molar-refractivity contribution is 6.31. The number of aromatic nitrogens is 1. The fourth-order valence-electron chi connectivity index (χ4n) is 2.45. The number of morpholine rings is 1. The van der Waals surface area contributed by atoms with Crippen molar-refractivity contribution in [1.29, 1.82) is 0 Å². The van der Waals surface area contributed by atoms with Gasteiger partial charge in [0.05, 0.1) is 13.2 Å². The fraction of sp³-hybridized carbons (Fsp3) is 0.294. The lowest BCUT2D eigenvalue weighted by Gasteiger charge is -2.27. The molecule has 0 bridgehead atoms. The van der Waals surface area contributed by atoms with Crippen LogP contribution in [0.1, 0.15) is 16.1 Å². The second-order valence-corrected chi connectivity index (χ2v) is 5.77. The van der Waals surface area contributed by atoms with E-state index in [-0.39, 0.29) is 5.91 Å². The van der Waals surface area contributed by atoms with E-state index >= 15 is 0 Å². The lowest BCUT2D eigenvalue weighted by Crippen LogP contribution is -2.35. The number of anilines is 1. The van der Waals surface area contributed by atoms with Gasteiger partial charge in [0.1, 0.15) is 5.69 Å². The molecule has 3 rings (SSSR count). The number of carbonyl (C=O) groups excluding carboxylic acids is 1. The quantitative estimate of drug-likeness (QED) is 0.936. The predicted molar refractivity (Wildman–Crippen MR) is 89.7 cm³/mol. The summed E-state index contributed by atoms with van der Waals surface area (Å²) >= 11 is 6.35. The number of hydrogen-bond acceptors (Lipinski definition) is 4. The Morgan fingerprint density at radius 1 is 1.26 bits per heavy atom. The van der Waals surface area contributed by atoms with E-state index in [9.17, 15) is 4.79 Å². The Balaban J connectivity index is 1.65. The molecule has 5 nitrogen and oxygen atoms in total. The molecule has 1 aromatic carbocycles. The molecule has 23 heavy (non-hydrogen) atoms. The summed E-state index contributed by atoms with van der Waals surface area (Å²) in [6.45, 7) is 4.13. The molecule has 1 aromatic heterocycles. The zero-order valence-electron chi connectivity index (χ0n) is 12.7. The molecule has 0 spiro atoms. The maximum atomic E-state index is 12.1. The van der Waals surface area contributed by atoms with Crippen LogP contribution in [0.2, 0.25) is 5.02 Å². The van der Waals surface area contributed by atoms with Crippen LogP contribution in [-0.2, 0) is 11.3 Å². The van der Waals surface area contributed by atoms with Crippen LogP contribution in [0.5, 0.6) is 0 Å². The van der Waals surface area contributed by atoms with Gasteiger partial charge in [-0.3, -0.25) is 14.7 Å². The first-order chi connectivity index (χ1) is 11.2. The summed E-state index contributed by atoms with van der Waals surface area (Å²) in [4.78, 5) is 18.4. The molecule has 2 aromatic rings. The highest BCUT2D eigenvalue weighted by Crippen LogP contribution is 2.23. The molecule has 0 unspecified atom stereocenters. The van der Waals surface area contributed by atoms with Crippen molar-refractivity contribution in [3.63, 3.8) is 0 Å². The molecule has 6 heteroatoms. The van der Waals surface area contributed by atoms with E-state index in [1.165, 1.54) is 0 Å². The largest absolute Gasteiger partial charge is 0.379 e. The van der Waals surface area contributed by atoms with Gasteiger partial charge in [-0.1, -0.05) is 23.7 Å². The summed E-state index contributed by atoms with van der Waals surface area (Å²) in [5.41, 5.74) is 2.08. The molecule has 2 heterocycles. The van der Waals surface area contributed by atoms with Crippen LogP contribution in [0, 0.1) is 0 Å². The zero-order valence-corrected chi connectivity index (χ0v) is 13.4. The molecule has 1 saturated heterocycles. The van der Waals surface area contributed by atoms with E-state index in [4.69, 9.17) is 16.3 Å². The molecule has 0 aliphatic carbocycles. The van der Waals surface area contributed by atoms with Crippen molar-refractivity contribution in [1.82, 2.24) is 9.88 Å². The summed E-state index contributed by atoms with van der Waals surface area (Å²) in [5.74, 6) is -0.248. The maximum absolute atomic E-state index is 12.1. The topological polar surface area (TPSA) is 54.5 Å².